The second kappa shape index (κ2) is 6.67. The minimum absolute atomic E-state index is 0.264. The van der Waals surface area contributed by atoms with Crippen molar-refractivity contribution in [1.29, 1.82) is 0 Å². The zero-order valence-corrected chi connectivity index (χ0v) is 17.1. The summed E-state index contributed by atoms with van der Waals surface area (Å²) in [4.78, 5) is 19.8. The van der Waals surface area contributed by atoms with Crippen molar-refractivity contribution in [3.8, 4) is 0 Å². The van der Waals surface area contributed by atoms with Gasteiger partial charge in [-0.1, -0.05) is 12.1 Å². The summed E-state index contributed by atoms with van der Waals surface area (Å²) in [6.07, 6.45) is 4.23. The molecular weight excluding hydrogens is 436 g/mol. The maximum atomic E-state index is 5.84. The molecule has 29 heavy (non-hydrogen) atoms. The van der Waals surface area contributed by atoms with Gasteiger partial charge in [-0.3, -0.25) is 0 Å². The van der Waals surface area contributed by atoms with Gasteiger partial charge in [-0.15, -0.1) is 0 Å². The number of para-hydroxylation sites is 2. The highest BCUT2D eigenvalue weighted by molar-refractivity contribution is 9.10. The fourth-order valence-corrected chi connectivity index (χ4v) is 4.48. The molecule has 3 aliphatic rings. The lowest BCUT2D eigenvalue weighted by molar-refractivity contribution is -0.0232. The number of ether oxygens (including phenoxy) is 1. The summed E-state index contributed by atoms with van der Waals surface area (Å²) < 4.78 is 8.39. The van der Waals surface area contributed by atoms with Gasteiger partial charge >= 0.3 is 0 Å². The quantitative estimate of drug-likeness (QED) is 0.489. The fraction of sp³-hybridized carbons (Fsp3) is 0.368. The second-order valence-corrected chi connectivity index (χ2v) is 8.32. The van der Waals surface area contributed by atoms with E-state index >= 15 is 0 Å². The number of H-pyrrole nitrogens is 1. The average Bonchev–Trinajstić information content (AvgIpc) is 3.36. The highest BCUT2D eigenvalue weighted by Gasteiger charge is 2.36. The zero-order chi connectivity index (χ0) is 19.4. The number of anilines is 2. The number of nitrogens with one attached hydrogen (secondary N) is 2. The van der Waals surface area contributed by atoms with E-state index in [1.807, 2.05) is 24.3 Å². The molecule has 2 bridgehead atoms. The van der Waals surface area contributed by atoms with Gasteiger partial charge in [-0.2, -0.15) is 19.6 Å². The molecule has 2 unspecified atom stereocenters. The summed E-state index contributed by atoms with van der Waals surface area (Å²) >= 11 is 3.56. The van der Waals surface area contributed by atoms with Crippen molar-refractivity contribution >= 4 is 44.5 Å². The number of halogens is 1. The molecule has 0 spiro atoms. The molecule has 0 radical (unpaired) electrons. The molecule has 2 atom stereocenters. The van der Waals surface area contributed by atoms with Crippen LogP contribution in [0.4, 0.5) is 11.9 Å². The molecule has 3 aliphatic heterocycles. The van der Waals surface area contributed by atoms with Gasteiger partial charge < -0.3 is 19.9 Å². The Kier molecular flexibility index (Phi) is 3.95. The number of fused-ring (bicyclic) bond motifs is 5. The number of nitrogens with zero attached hydrogens (tertiary/aromatic N) is 6. The van der Waals surface area contributed by atoms with Crippen LogP contribution < -0.4 is 10.2 Å². The Morgan fingerprint density at radius 1 is 1.21 bits per heavy atom. The number of piperidine rings is 1. The van der Waals surface area contributed by atoms with E-state index in [2.05, 4.69) is 41.2 Å². The van der Waals surface area contributed by atoms with Crippen molar-refractivity contribution in [2.24, 2.45) is 0 Å². The van der Waals surface area contributed by atoms with Crippen LogP contribution in [0.5, 0.6) is 0 Å². The molecule has 6 heterocycles. The third kappa shape index (κ3) is 2.94. The van der Waals surface area contributed by atoms with Gasteiger partial charge in [0.2, 0.25) is 11.9 Å². The standard InChI is InChI=1S/C19H19BrN8O/c20-13-7-22-28-17(13)25-19(27-9-12-6-5-11(27)10-29-12)26-18(28)21-8-16-23-14-3-1-2-4-15(14)24-16/h1-4,7,11-12H,5-6,8-10H2,(H,23,24)(H,21,25,26). The van der Waals surface area contributed by atoms with E-state index in [4.69, 9.17) is 14.7 Å². The monoisotopic (exact) mass is 454 g/mol. The van der Waals surface area contributed by atoms with Crippen molar-refractivity contribution in [2.75, 3.05) is 23.4 Å². The van der Waals surface area contributed by atoms with Gasteiger partial charge in [-0.05, 0) is 40.9 Å². The smallest absolute Gasteiger partial charge is 0.231 e. The van der Waals surface area contributed by atoms with Crippen LogP contribution in [0.1, 0.15) is 18.7 Å². The topological polar surface area (TPSA) is 96.3 Å². The maximum absolute atomic E-state index is 5.84. The van der Waals surface area contributed by atoms with Crippen LogP contribution >= 0.6 is 15.9 Å². The third-order valence-corrected chi connectivity index (χ3v) is 6.17. The normalized spacial score (nSPS) is 21.3. The maximum Gasteiger partial charge on any atom is 0.231 e. The fourth-order valence-electron chi connectivity index (χ4n) is 4.13. The largest absolute Gasteiger partial charge is 0.374 e. The number of hydrogen-bond acceptors (Lipinski definition) is 7. The Bertz CT molecular complexity index is 1160. The summed E-state index contributed by atoms with van der Waals surface area (Å²) in [6.45, 7) is 2.07. The van der Waals surface area contributed by atoms with Crippen LogP contribution in [0.25, 0.3) is 16.7 Å². The van der Waals surface area contributed by atoms with Crippen molar-refractivity contribution < 1.29 is 4.74 Å². The lowest BCUT2D eigenvalue weighted by Crippen LogP contribution is -2.55. The molecule has 0 saturated carbocycles. The van der Waals surface area contributed by atoms with Crippen LogP contribution in [0.15, 0.2) is 34.9 Å². The van der Waals surface area contributed by atoms with E-state index in [1.54, 1.807) is 10.7 Å². The predicted octanol–water partition coefficient (Wildman–Crippen LogP) is 2.74. The molecule has 9 nitrogen and oxygen atoms in total. The lowest BCUT2D eigenvalue weighted by Gasteiger charge is -2.45. The highest BCUT2D eigenvalue weighted by Crippen LogP contribution is 2.30. The summed E-state index contributed by atoms with van der Waals surface area (Å²) in [5, 5.41) is 7.79. The summed E-state index contributed by atoms with van der Waals surface area (Å²) in [5.74, 6) is 2.19. The van der Waals surface area contributed by atoms with Crippen LogP contribution in [0, 0.1) is 0 Å². The van der Waals surface area contributed by atoms with Crippen molar-refractivity contribution in [3.05, 3.63) is 40.8 Å². The minimum atomic E-state index is 0.264. The molecule has 10 heteroatoms. The third-order valence-electron chi connectivity index (χ3n) is 5.61. The predicted molar refractivity (Wildman–Crippen MR) is 112 cm³/mol. The van der Waals surface area contributed by atoms with Crippen LogP contribution in [-0.2, 0) is 11.3 Å². The molecule has 0 amide bonds. The SMILES string of the molecule is Brc1cnn2c(NCc3nc4ccccc4[nH]3)nc(N3CC4CCC3CO4)nc12. The summed E-state index contributed by atoms with van der Waals surface area (Å²) in [6, 6.07) is 8.32. The Labute approximate surface area is 174 Å². The summed E-state index contributed by atoms with van der Waals surface area (Å²) in [7, 11) is 0. The number of aromatic amines is 1. The molecule has 2 N–H and O–H groups in total. The van der Waals surface area contributed by atoms with Gasteiger partial charge in [0.25, 0.3) is 0 Å². The first kappa shape index (κ1) is 17.2. The van der Waals surface area contributed by atoms with E-state index in [-0.39, 0.29) is 6.10 Å². The summed E-state index contributed by atoms with van der Waals surface area (Å²) in [5.41, 5.74) is 2.71. The number of imidazole rings is 1. The Morgan fingerprint density at radius 2 is 2.14 bits per heavy atom. The number of hydrogen-bond donors (Lipinski definition) is 2. The van der Waals surface area contributed by atoms with Crippen LogP contribution in [0.2, 0.25) is 0 Å². The van der Waals surface area contributed by atoms with Crippen molar-refractivity contribution in [3.63, 3.8) is 0 Å². The van der Waals surface area contributed by atoms with E-state index in [1.165, 1.54) is 0 Å². The first-order valence-electron chi connectivity index (χ1n) is 9.71. The molecule has 3 aromatic heterocycles. The van der Waals surface area contributed by atoms with Gasteiger partial charge in [0.15, 0.2) is 5.65 Å². The molecule has 1 aromatic carbocycles. The molecular formula is C19H19BrN8O. The van der Waals surface area contributed by atoms with Crippen molar-refractivity contribution in [1.82, 2.24) is 29.5 Å². The van der Waals surface area contributed by atoms with Gasteiger partial charge in [0.05, 0.1) is 47.0 Å². The zero-order valence-electron chi connectivity index (χ0n) is 15.5. The Balaban J connectivity index is 1.34. The average molecular weight is 455 g/mol. The van der Waals surface area contributed by atoms with Gasteiger partial charge in [-0.25, -0.2) is 4.98 Å². The first-order valence-corrected chi connectivity index (χ1v) is 10.5. The number of aromatic nitrogens is 6. The Hall–Kier alpha value is -2.72. The van der Waals surface area contributed by atoms with Gasteiger partial charge in [0.1, 0.15) is 5.82 Å². The van der Waals surface area contributed by atoms with Crippen LogP contribution in [0.3, 0.4) is 0 Å². The van der Waals surface area contributed by atoms with E-state index in [9.17, 15) is 0 Å². The van der Waals surface area contributed by atoms with Gasteiger partial charge in [0, 0.05) is 6.54 Å². The molecule has 148 valence electrons. The number of benzene rings is 1. The molecule has 3 saturated heterocycles. The second-order valence-electron chi connectivity index (χ2n) is 7.47. The van der Waals surface area contributed by atoms with Crippen molar-refractivity contribution in [2.45, 2.75) is 31.5 Å². The molecule has 3 fully saturated rings. The number of morpholine rings is 1. The molecule has 0 aliphatic carbocycles. The highest BCUT2D eigenvalue weighted by atomic mass is 79.9. The number of rotatable bonds is 4. The first-order chi connectivity index (χ1) is 14.2. The minimum Gasteiger partial charge on any atom is -0.374 e. The van der Waals surface area contributed by atoms with E-state index < -0.39 is 0 Å². The Morgan fingerprint density at radius 3 is 2.93 bits per heavy atom. The van der Waals surface area contributed by atoms with Crippen LogP contribution in [-0.4, -0.2) is 54.8 Å². The molecule has 7 rings (SSSR count). The molecule has 4 aromatic rings. The lowest BCUT2D eigenvalue weighted by atomic mass is 9.98. The van der Waals surface area contributed by atoms with E-state index in [0.29, 0.717) is 24.5 Å². The van der Waals surface area contributed by atoms with E-state index in [0.717, 1.165) is 53.0 Å².